The molecule has 1 aliphatic heterocycles. The van der Waals surface area contributed by atoms with Crippen LogP contribution in [0.1, 0.15) is 37.0 Å². The highest BCUT2D eigenvalue weighted by atomic mass is 16.5. The molecule has 2 aromatic carbocycles. The van der Waals surface area contributed by atoms with Crippen molar-refractivity contribution in [3.63, 3.8) is 0 Å². The number of rotatable bonds is 2. The highest BCUT2D eigenvalue weighted by molar-refractivity contribution is 5.88. The molecule has 2 heteroatoms. The highest BCUT2D eigenvalue weighted by Crippen LogP contribution is 2.40. The number of benzene rings is 2. The second kappa shape index (κ2) is 4.62. The molecule has 1 aliphatic rings. The molecule has 0 spiro atoms. The third-order valence-electron chi connectivity index (χ3n) is 4.30. The van der Waals surface area contributed by atoms with Crippen molar-refractivity contribution in [2.45, 2.75) is 38.4 Å². The minimum absolute atomic E-state index is 0.446. The molecule has 2 nitrogen and oxygen atoms in total. The Bertz CT molecular complexity index is 597. The van der Waals surface area contributed by atoms with Gasteiger partial charge < -0.3 is 9.84 Å². The van der Waals surface area contributed by atoms with Crippen LogP contribution in [0.5, 0.6) is 0 Å². The van der Waals surface area contributed by atoms with Gasteiger partial charge in [-0.25, -0.2) is 0 Å². The number of hydrogen-bond donors (Lipinski definition) is 1. The average Bonchev–Trinajstić information content (AvgIpc) is 2.87. The molecule has 1 N–H and O–H groups in total. The number of aliphatic hydroxyl groups is 1. The molecule has 0 aromatic heterocycles. The van der Waals surface area contributed by atoms with E-state index in [9.17, 15) is 5.11 Å². The van der Waals surface area contributed by atoms with Crippen molar-refractivity contribution in [2.24, 2.45) is 0 Å². The molecular formula is C17H20O2. The summed E-state index contributed by atoms with van der Waals surface area (Å²) in [5.41, 5.74) is 1.77. The molecular weight excluding hydrogens is 236 g/mol. The summed E-state index contributed by atoms with van der Waals surface area (Å²) >= 11 is 0. The van der Waals surface area contributed by atoms with E-state index in [2.05, 4.69) is 25.1 Å². The summed E-state index contributed by atoms with van der Waals surface area (Å²) in [6.07, 6.45) is 1.37. The zero-order valence-electron chi connectivity index (χ0n) is 11.5. The maximum absolute atomic E-state index is 10.7. The second-order valence-electron chi connectivity index (χ2n) is 5.68. The van der Waals surface area contributed by atoms with Gasteiger partial charge in [0.05, 0.1) is 5.60 Å². The van der Waals surface area contributed by atoms with Crippen LogP contribution in [-0.2, 0) is 4.74 Å². The quantitative estimate of drug-likeness (QED) is 0.886. The molecule has 1 fully saturated rings. The van der Waals surface area contributed by atoms with Crippen molar-refractivity contribution >= 4 is 10.8 Å². The van der Waals surface area contributed by atoms with E-state index < -0.39 is 11.7 Å². The molecule has 0 amide bonds. The fourth-order valence-corrected chi connectivity index (χ4v) is 3.06. The average molecular weight is 256 g/mol. The number of ether oxygens (including phenoxy) is 1. The topological polar surface area (TPSA) is 29.5 Å². The third kappa shape index (κ3) is 2.05. The van der Waals surface area contributed by atoms with E-state index in [-0.39, 0.29) is 0 Å². The molecule has 1 saturated heterocycles. The first-order valence-corrected chi connectivity index (χ1v) is 6.92. The van der Waals surface area contributed by atoms with Crippen LogP contribution in [0.15, 0.2) is 36.4 Å². The first kappa shape index (κ1) is 12.6. The molecule has 0 saturated carbocycles. The Kier molecular flexibility index (Phi) is 3.08. The minimum Gasteiger partial charge on any atom is -0.385 e. The van der Waals surface area contributed by atoms with Gasteiger partial charge in [0.15, 0.2) is 0 Å². The van der Waals surface area contributed by atoms with E-state index in [0.717, 1.165) is 30.4 Å². The van der Waals surface area contributed by atoms with Gasteiger partial charge in [0.1, 0.15) is 6.10 Å². The van der Waals surface area contributed by atoms with Gasteiger partial charge >= 0.3 is 0 Å². The predicted octanol–water partition coefficient (Wildman–Crippen LogP) is 3.75. The summed E-state index contributed by atoms with van der Waals surface area (Å²) in [6.45, 7) is 4.86. The van der Waals surface area contributed by atoms with Gasteiger partial charge in [0.2, 0.25) is 0 Å². The Morgan fingerprint density at radius 1 is 1.16 bits per heavy atom. The molecule has 19 heavy (non-hydrogen) atoms. The normalized spacial score (nSPS) is 24.8. The van der Waals surface area contributed by atoms with Gasteiger partial charge in [0, 0.05) is 6.61 Å². The predicted molar refractivity (Wildman–Crippen MR) is 77.2 cm³/mol. The van der Waals surface area contributed by atoms with Crippen LogP contribution in [0.2, 0.25) is 0 Å². The molecule has 0 radical (unpaired) electrons. The van der Waals surface area contributed by atoms with Gasteiger partial charge in [-0.15, -0.1) is 0 Å². The summed E-state index contributed by atoms with van der Waals surface area (Å²) in [6, 6.07) is 12.4. The molecule has 3 rings (SSSR count). The lowest BCUT2D eigenvalue weighted by Gasteiger charge is -2.30. The van der Waals surface area contributed by atoms with Gasteiger partial charge in [-0.05, 0) is 48.6 Å². The number of hydrogen-bond acceptors (Lipinski definition) is 2. The van der Waals surface area contributed by atoms with E-state index in [0.29, 0.717) is 0 Å². The third-order valence-corrected chi connectivity index (χ3v) is 4.30. The van der Waals surface area contributed by atoms with Crippen LogP contribution in [0.3, 0.4) is 0 Å². The summed E-state index contributed by atoms with van der Waals surface area (Å²) in [4.78, 5) is 0. The molecule has 0 aliphatic carbocycles. The highest BCUT2D eigenvalue weighted by Gasteiger charge is 2.38. The lowest BCUT2D eigenvalue weighted by atomic mass is 9.87. The largest absolute Gasteiger partial charge is 0.385 e. The van der Waals surface area contributed by atoms with Gasteiger partial charge in [-0.1, -0.05) is 36.4 Å². The zero-order chi connectivity index (χ0) is 13.5. The number of fused-ring (bicyclic) bond motifs is 1. The van der Waals surface area contributed by atoms with Crippen molar-refractivity contribution < 1.29 is 9.84 Å². The lowest BCUT2D eigenvalue weighted by molar-refractivity contribution is -0.0790. The molecule has 100 valence electrons. The summed E-state index contributed by atoms with van der Waals surface area (Å²) in [7, 11) is 0. The Balaban J connectivity index is 2.12. The molecule has 2 aromatic rings. The van der Waals surface area contributed by atoms with Crippen LogP contribution in [-0.4, -0.2) is 17.3 Å². The Labute approximate surface area is 114 Å². The summed E-state index contributed by atoms with van der Waals surface area (Å²) < 4.78 is 5.79. The van der Waals surface area contributed by atoms with Crippen molar-refractivity contribution in [1.82, 2.24) is 0 Å². The van der Waals surface area contributed by atoms with Crippen molar-refractivity contribution in [3.05, 3.63) is 47.5 Å². The maximum atomic E-state index is 10.7. The fourth-order valence-electron chi connectivity index (χ4n) is 3.06. The molecule has 1 heterocycles. The van der Waals surface area contributed by atoms with Crippen LogP contribution in [0.4, 0.5) is 0 Å². The van der Waals surface area contributed by atoms with Crippen LogP contribution < -0.4 is 0 Å². The second-order valence-corrected chi connectivity index (χ2v) is 5.68. The Hall–Kier alpha value is -1.38. The molecule has 2 unspecified atom stereocenters. The molecule has 2 atom stereocenters. The first-order chi connectivity index (χ1) is 9.12. The van der Waals surface area contributed by atoms with E-state index in [1.54, 1.807) is 0 Å². The smallest absolute Gasteiger partial charge is 0.108 e. The van der Waals surface area contributed by atoms with Crippen LogP contribution >= 0.6 is 0 Å². The SMILES string of the molecule is Cc1ccc(C(O)C2(C)CCCO2)c2ccccc12. The van der Waals surface area contributed by atoms with Gasteiger partial charge in [-0.3, -0.25) is 0 Å². The lowest BCUT2D eigenvalue weighted by Crippen LogP contribution is -2.32. The Morgan fingerprint density at radius 3 is 2.58 bits per heavy atom. The van der Waals surface area contributed by atoms with Crippen LogP contribution in [0, 0.1) is 6.92 Å². The van der Waals surface area contributed by atoms with E-state index >= 15 is 0 Å². The summed E-state index contributed by atoms with van der Waals surface area (Å²) in [5.74, 6) is 0. The maximum Gasteiger partial charge on any atom is 0.108 e. The van der Waals surface area contributed by atoms with Crippen LogP contribution in [0.25, 0.3) is 10.8 Å². The van der Waals surface area contributed by atoms with Crippen molar-refractivity contribution in [2.75, 3.05) is 6.61 Å². The standard InChI is InChI=1S/C17H20O2/c1-12-8-9-15(14-7-4-3-6-13(12)14)16(18)17(2)10-5-11-19-17/h3-4,6-9,16,18H,5,10-11H2,1-2H3. The van der Waals surface area contributed by atoms with E-state index in [4.69, 9.17) is 4.74 Å². The van der Waals surface area contributed by atoms with Crippen molar-refractivity contribution in [1.29, 1.82) is 0 Å². The first-order valence-electron chi connectivity index (χ1n) is 6.92. The van der Waals surface area contributed by atoms with Gasteiger partial charge in [0.25, 0.3) is 0 Å². The Morgan fingerprint density at radius 2 is 1.89 bits per heavy atom. The summed E-state index contributed by atoms with van der Waals surface area (Å²) in [5, 5.41) is 13.1. The zero-order valence-corrected chi connectivity index (χ0v) is 11.5. The van der Waals surface area contributed by atoms with E-state index in [1.807, 2.05) is 25.1 Å². The fraction of sp³-hybridized carbons (Fsp3) is 0.412. The minimum atomic E-state index is -0.569. The van der Waals surface area contributed by atoms with Gasteiger partial charge in [-0.2, -0.15) is 0 Å². The van der Waals surface area contributed by atoms with E-state index in [1.165, 1.54) is 10.9 Å². The monoisotopic (exact) mass is 256 g/mol. The molecule has 0 bridgehead atoms. The number of aliphatic hydroxyl groups excluding tert-OH is 1. The van der Waals surface area contributed by atoms with Crippen molar-refractivity contribution in [3.8, 4) is 0 Å². The number of aryl methyl sites for hydroxylation is 1.